The Hall–Kier alpha value is -3.03. The van der Waals surface area contributed by atoms with E-state index in [2.05, 4.69) is 60.7 Å². The molecule has 6 rings (SSSR count). The third-order valence-corrected chi connectivity index (χ3v) is 5.54. The molecular formula is C26H19ClO. The van der Waals surface area contributed by atoms with E-state index in [0.29, 0.717) is 0 Å². The minimum absolute atomic E-state index is 0.726. The predicted octanol–water partition coefficient (Wildman–Crippen LogP) is 8.73. The first-order chi connectivity index (χ1) is 13.8. The molecule has 1 nitrogen and oxygen atoms in total. The fourth-order valence-corrected chi connectivity index (χ4v) is 4.37. The summed E-state index contributed by atoms with van der Waals surface area (Å²) in [5.41, 5.74) is 1.80. The van der Waals surface area contributed by atoms with Gasteiger partial charge in [0.15, 0.2) is 0 Å². The lowest BCUT2D eigenvalue weighted by molar-refractivity contribution is 0.673. The van der Waals surface area contributed by atoms with Crippen molar-refractivity contribution in [1.82, 2.24) is 0 Å². The van der Waals surface area contributed by atoms with Crippen LogP contribution in [0, 0.1) is 0 Å². The standard InChI is InChI=1S/C24H13ClO.C2H6/c25-14-9-12-22-21(13-14)20-11-10-19-17-7-2-1-5-15(17)16-6-3-4-8-18(16)23(19)24(20)26-22;1-2/h1-13H;1-2H3. The van der Waals surface area contributed by atoms with Crippen molar-refractivity contribution in [2.24, 2.45) is 0 Å². The Bertz CT molecular complexity index is 1460. The number of halogens is 1. The van der Waals surface area contributed by atoms with Crippen LogP contribution in [0.3, 0.4) is 0 Å². The summed E-state index contributed by atoms with van der Waals surface area (Å²) in [6, 6.07) is 27.3. The second-order valence-corrected chi connectivity index (χ2v) is 7.13. The zero-order valence-electron chi connectivity index (χ0n) is 15.8. The molecular weight excluding hydrogens is 364 g/mol. The van der Waals surface area contributed by atoms with Gasteiger partial charge in [-0.25, -0.2) is 0 Å². The lowest BCUT2D eigenvalue weighted by Crippen LogP contribution is -1.83. The lowest BCUT2D eigenvalue weighted by Gasteiger charge is -2.10. The van der Waals surface area contributed by atoms with Crippen LogP contribution in [0.5, 0.6) is 0 Å². The van der Waals surface area contributed by atoms with E-state index in [1.54, 1.807) is 0 Å². The van der Waals surface area contributed by atoms with E-state index in [4.69, 9.17) is 16.0 Å². The van der Waals surface area contributed by atoms with Crippen molar-refractivity contribution in [3.05, 3.63) is 83.9 Å². The minimum atomic E-state index is 0.726. The highest BCUT2D eigenvalue weighted by atomic mass is 35.5. The highest BCUT2D eigenvalue weighted by Gasteiger charge is 2.15. The van der Waals surface area contributed by atoms with Gasteiger partial charge in [-0.2, -0.15) is 0 Å². The molecule has 136 valence electrons. The zero-order valence-corrected chi connectivity index (χ0v) is 16.5. The largest absolute Gasteiger partial charge is 0.455 e. The molecule has 1 aromatic heterocycles. The van der Waals surface area contributed by atoms with Crippen molar-refractivity contribution < 1.29 is 4.42 Å². The van der Waals surface area contributed by atoms with Gasteiger partial charge in [0, 0.05) is 21.2 Å². The first-order valence-corrected chi connectivity index (χ1v) is 10.0. The Kier molecular flexibility index (Phi) is 3.99. The summed E-state index contributed by atoms with van der Waals surface area (Å²) in [7, 11) is 0. The van der Waals surface area contributed by atoms with Crippen molar-refractivity contribution in [3.8, 4) is 0 Å². The Morgan fingerprint density at radius 2 is 1.11 bits per heavy atom. The molecule has 0 amide bonds. The van der Waals surface area contributed by atoms with Crippen LogP contribution >= 0.6 is 11.6 Å². The topological polar surface area (TPSA) is 13.1 Å². The van der Waals surface area contributed by atoms with Gasteiger partial charge in [0.2, 0.25) is 0 Å². The Balaban J connectivity index is 0.000000829. The number of rotatable bonds is 0. The molecule has 5 aromatic carbocycles. The summed E-state index contributed by atoms with van der Waals surface area (Å²) in [5, 5.41) is 10.3. The molecule has 0 atom stereocenters. The molecule has 0 aliphatic heterocycles. The Labute approximate surface area is 168 Å². The summed E-state index contributed by atoms with van der Waals surface area (Å²) in [6.07, 6.45) is 0. The van der Waals surface area contributed by atoms with E-state index in [9.17, 15) is 0 Å². The van der Waals surface area contributed by atoms with Gasteiger partial charge in [0.25, 0.3) is 0 Å². The molecule has 0 saturated carbocycles. The highest BCUT2D eigenvalue weighted by Crippen LogP contribution is 2.41. The lowest BCUT2D eigenvalue weighted by atomic mass is 9.93. The number of hydrogen-bond donors (Lipinski definition) is 0. The molecule has 0 unspecified atom stereocenters. The molecule has 0 fully saturated rings. The number of furan rings is 1. The maximum atomic E-state index is 6.32. The maximum Gasteiger partial charge on any atom is 0.143 e. The first kappa shape index (κ1) is 17.1. The van der Waals surface area contributed by atoms with Crippen molar-refractivity contribution in [2.45, 2.75) is 13.8 Å². The molecule has 1 heterocycles. The summed E-state index contributed by atoms with van der Waals surface area (Å²) in [6.45, 7) is 4.00. The summed E-state index contributed by atoms with van der Waals surface area (Å²) >= 11 is 6.23. The van der Waals surface area contributed by atoms with Gasteiger partial charge >= 0.3 is 0 Å². The maximum absolute atomic E-state index is 6.32. The molecule has 2 heteroatoms. The van der Waals surface area contributed by atoms with Gasteiger partial charge in [0.05, 0.1) is 0 Å². The van der Waals surface area contributed by atoms with Crippen molar-refractivity contribution in [3.63, 3.8) is 0 Å². The fraction of sp³-hybridized carbons (Fsp3) is 0.0769. The summed E-state index contributed by atoms with van der Waals surface area (Å²) < 4.78 is 6.32. The molecule has 0 saturated heterocycles. The van der Waals surface area contributed by atoms with Gasteiger partial charge in [0.1, 0.15) is 11.2 Å². The summed E-state index contributed by atoms with van der Waals surface area (Å²) in [4.78, 5) is 0. The molecule has 0 radical (unpaired) electrons. The third kappa shape index (κ3) is 2.33. The molecule has 0 bridgehead atoms. The van der Waals surface area contributed by atoms with E-state index >= 15 is 0 Å². The van der Waals surface area contributed by atoms with Gasteiger partial charge < -0.3 is 4.42 Å². The van der Waals surface area contributed by atoms with E-state index in [-0.39, 0.29) is 0 Å². The quantitative estimate of drug-likeness (QED) is 0.239. The van der Waals surface area contributed by atoms with Crippen LogP contribution in [0.25, 0.3) is 54.3 Å². The van der Waals surface area contributed by atoms with Crippen LogP contribution < -0.4 is 0 Å². The minimum Gasteiger partial charge on any atom is -0.455 e. The van der Waals surface area contributed by atoms with E-state index in [1.807, 2.05) is 32.0 Å². The van der Waals surface area contributed by atoms with Gasteiger partial charge in [-0.05, 0) is 51.2 Å². The van der Waals surface area contributed by atoms with Crippen molar-refractivity contribution >= 4 is 65.9 Å². The average Bonchev–Trinajstić information content (AvgIpc) is 3.13. The molecule has 28 heavy (non-hydrogen) atoms. The SMILES string of the molecule is CC.Clc1ccc2oc3c(ccc4c5ccccc5c5ccccc5c43)c2c1. The molecule has 0 N–H and O–H groups in total. The predicted molar refractivity (Wildman–Crippen MR) is 123 cm³/mol. The second kappa shape index (κ2) is 6.54. The van der Waals surface area contributed by atoms with E-state index in [1.165, 1.54) is 32.3 Å². The smallest absolute Gasteiger partial charge is 0.143 e. The van der Waals surface area contributed by atoms with Gasteiger partial charge in [-0.3, -0.25) is 0 Å². The molecule has 6 aromatic rings. The Morgan fingerprint density at radius 1 is 0.571 bits per heavy atom. The second-order valence-electron chi connectivity index (χ2n) is 6.70. The van der Waals surface area contributed by atoms with Crippen LogP contribution in [0.15, 0.2) is 83.3 Å². The van der Waals surface area contributed by atoms with Crippen molar-refractivity contribution in [1.29, 1.82) is 0 Å². The third-order valence-electron chi connectivity index (χ3n) is 5.31. The van der Waals surface area contributed by atoms with Gasteiger partial charge in [-0.1, -0.05) is 80.0 Å². The fourth-order valence-electron chi connectivity index (χ4n) is 4.19. The average molecular weight is 383 g/mol. The van der Waals surface area contributed by atoms with Crippen molar-refractivity contribution in [2.75, 3.05) is 0 Å². The molecule has 0 spiro atoms. The van der Waals surface area contributed by atoms with E-state index in [0.717, 1.165) is 27.0 Å². The number of fused-ring (bicyclic) bond motifs is 10. The number of benzene rings is 5. The van der Waals surface area contributed by atoms with Gasteiger partial charge in [-0.15, -0.1) is 0 Å². The Morgan fingerprint density at radius 3 is 1.79 bits per heavy atom. The molecule has 0 aliphatic rings. The number of hydrogen-bond acceptors (Lipinski definition) is 1. The molecule has 0 aliphatic carbocycles. The first-order valence-electron chi connectivity index (χ1n) is 9.65. The van der Waals surface area contributed by atoms with Crippen LogP contribution in [-0.4, -0.2) is 0 Å². The van der Waals surface area contributed by atoms with Crippen LogP contribution in [0.2, 0.25) is 5.02 Å². The van der Waals surface area contributed by atoms with Crippen LogP contribution in [0.1, 0.15) is 13.8 Å². The van der Waals surface area contributed by atoms with Crippen LogP contribution in [-0.2, 0) is 0 Å². The highest BCUT2D eigenvalue weighted by molar-refractivity contribution is 6.34. The zero-order chi connectivity index (χ0) is 19.3. The normalized spacial score (nSPS) is 11.4. The summed E-state index contributed by atoms with van der Waals surface area (Å²) in [5.74, 6) is 0. The monoisotopic (exact) mass is 382 g/mol. The van der Waals surface area contributed by atoms with Crippen LogP contribution in [0.4, 0.5) is 0 Å². The van der Waals surface area contributed by atoms with E-state index < -0.39 is 0 Å².